The Balaban J connectivity index is -0.000000375. The van der Waals surface area contributed by atoms with Gasteiger partial charge < -0.3 is 5.11 Å². The Morgan fingerprint density at radius 3 is 1.53 bits per heavy atom. The van der Waals surface area contributed by atoms with Crippen LogP contribution < -0.4 is 0 Å². The maximum absolute atomic E-state index is 10.7. The molecule has 0 spiro atoms. The van der Waals surface area contributed by atoms with Gasteiger partial charge >= 0.3 is 5.97 Å². The molecule has 0 radical (unpaired) electrons. The van der Waals surface area contributed by atoms with Gasteiger partial charge in [0.1, 0.15) is 0 Å². The molecule has 0 saturated carbocycles. The molecule has 0 unspecified atom stereocenters. The fourth-order valence-corrected chi connectivity index (χ4v) is 1.07. The minimum atomic E-state index is -0.860. The third kappa shape index (κ3) is 10.1. The molecule has 0 atom stereocenters. The molecule has 2 nitrogen and oxygen atoms in total. The van der Waals surface area contributed by atoms with Crippen molar-refractivity contribution in [3.05, 3.63) is 41.5 Å². The van der Waals surface area contributed by atoms with Gasteiger partial charge in [0.25, 0.3) is 0 Å². The van der Waals surface area contributed by atoms with E-state index in [1.54, 1.807) is 6.92 Å². The lowest BCUT2D eigenvalue weighted by Gasteiger charge is -2.03. The van der Waals surface area contributed by atoms with E-state index in [0.717, 1.165) is 11.1 Å². The van der Waals surface area contributed by atoms with E-state index in [0.29, 0.717) is 5.57 Å². The summed E-state index contributed by atoms with van der Waals surface area (Å²) in [6.07, 6.45) is 0. The van der Waals surface area contributed by atoms with E-state index < -0.39 is 5.97 Å². The Morgan fingerprint density at radius 2 is 1.21 bits per heavy atom. The molecule has 1 rings (SSSR count). The fourth-order valence-electron chi connectivity index (χ4n) is 1.07. The quantitative estimate of drug-likeness (QED) is 0.703. The summed E-state index contributed by atoms with van der Waals surface area (Å²) in [4.78, 5) is 10.7. The smallest absolute Gasteiger partial charge is 0.331 e. The Labute approximate surface area is 119 Å². The van der Waals surface area contributed by atoms with Crippen molar-refractivity contribution in [1.82, 2.24) is 0 Å². The fraction of sp³-hybridized carbons (Fsp3) is 0.471. The first-order valence-electron chi connectivity index (χ1n) is 7.09. The summed E-state index contributed by atoms with van der Waals surface area (Å²) in [7, 11) is 0. The average molecular weight is 266 g/mol. The number of hydrogen-bond acceptors (Lipinski definition) is 1. The summed E-state index contributed by atoms with van der Waals surface area (Å²) in [5.41, 5.74) is 2.17. The van der Waals surface area contributed by atoms with Crippen molar-refractivity contribution in [2.75, 3.05) is 0 Å². The van der Waals surface area contributed by atoms with Gasteiger partial charge in [0.2, 0.25) is 0 Å². The number of carboxylic acid groups (broad SMARTS) is 1. The topological polar surface area (TPSA) is 37.3 Å². The molecule has 0 heterocycles. The molecule has 0 aliphatic heterocycles. The minimum absolute atomic E-state index is 0.395. The van der Waals surface area contributed by atoms with Crippen LogP contribution in [-0.2, 0) is 4.79 Å². The highest BCUT2D eigenvalue weighted by Crippen LogP contribution is 2.17. The van der Waals surface area contributed by atoms with E-state index in [4.69, 9.17) is 5.11 Å². The molecule has 0 amide bonds. The zero-order valence-corrected chi connectivity index (χ0v) is 13.7. The van der Waals surface area contributed by atoms with Gasteiger partial charge in [-0.3, -0.25) is 0 Å². The predicted octanol–water partition coefficient (Wildman–Crippen LogP) is 5.64. The van der Waals surface area contributed by atoms with Crippen LogP contribution in [0.15, 0.2) is 35.9 Å². The molecule has 0 aromatic heterocycles. The van der Waals surface area contributed by atoms with E-state index in [-0.39, 0.29) is 0 Å². The number of hydrogen-bond donors (Lipinski definition) is 1. The maximum Gasteiger partial charge on any atom is 0.331 e. The second-order valence-electron chi connectivity index (χ2n) is 2.92. The van der Waals surface area contributed by atoms with Gasteiger partial charge in [0.05, 0.1) is 0 Å². The summed E-state index contributed by atoms with van der Waals surface area (Å²) >= 11 is 0. The van der Waals surface area contributed by atoms with Gasteiger partial charge in [0, 0.05) is 5.57 Å². The van der Waals surface area contributed by atoms with Crippen molar-refractivity contribution in [3.8, 4) is 0 Å². The molecule has 0 fully saturated rings. The highest BCUT2D eigenvalue weighted by Gasteiger charge is 2.05. The van der Waals surface area contributed by atoms with Crippen molar-refractivity contribution < 1.29 is 9.90 Å². The molecule has 0 bridgehead atoms. The van der Waals surface area contributed by atoms with Crippen LogP contribution in [0.4, 0.5) is 0 Å². The average Bonchev–Trinajstić information content (AvgIpc) is 2.52. The number of aliphatic carboxylic acids is 1. The third-order valence-electron chi connectivity index (χ3n) is 2.09. The molecule has 1 N–H and O–H groups in total. The van der Waals surface area contributed by atoms with Crippen LogP contribution >= 0.6 is 0 Å². The second kappa shape index (κ2) is 16.4. The summed E-state index contributed by atoms with van der Waals surface area (Å²) in [5.74, 6) is -0.860. The van der Waals surface area contributed by atoms with Crippen LogP contribution in [0.3, 0.4) is 0 Å². The molecule has 0 aliphatic rings. The molecular formula is C17H30O2. The number of carboxylic acids is 1. The highest BCUT2D eigenvalue weighted by molar-refractivity contribution is 5.95. The number of benzene rings is 1. The molecule has 1 aromatic rings. The van der Waals surface area contributed by atoms with E-state index in [2.05, 4.69) is 0 Å². The molecular weight excluding hydrogens is 236 g/mol. The maximum atomic E-state index is 10.7. The summed E-state index contributed by atoms with van der Waals surface area (Å²) in [6.45, 7) is 15.4. The van der Waals surface area contributed by atoms with Crippen LogP contribution in [0.25, 0.3) is 5.57 Å². The van der Waals surface area contributed by atoms with Gasteiger partial charge in [0.15, 0.2) is 0 Å². The van der Waals surface area contributed by atoms with Gasteiger partial charge in [-0.25, -0.2) is 4.79 Å². The molecule has 110 valence electrons. The number of carbonyl (C=O) groups is 1. The van der Waals surface area contributed by atoms with Crippen LogP contribution in [0.2, 0.25) is 0 Å². The van der Waals surface area contributed by atoms with Crippen LogP contribution in [0.5, 0.6) is 0 Å². The Morgan fingerprint density at radius 1 is 0.842 bits per heavy atom. The molecule has 2 heteroatoms. The van der Waals surface area contributed by atoms with E-state index in [9.17, 15) is 4.79 Å². The van der Waals surface area contributed by atoms with Crippen molar-refractivity contribution in [1.29, 1.82) is 0 Å². The monoisotopic (exact) mass is 266 g/mol. The third-order valence-corrected chi connectivity index (χ3v) is 2.09. The van der Waals surface area contributed by atoms with Gasteiger partial charge in [-0.2, -0.15) is 0 Å². The van der Waals surface area contributed by atoms with Crippen LogP contribution in [0.1, 0.15) is 61.0 Å². The Bertz CT molecular complexity index is 338. The van der Waals surface area contributed by atoms with Crippen molar-refractivity contribution in [2.24, 2.45) is 0 Å². The van der Waals surface area contributed by atoms with Gasteiger partial charge in [-0.05, 0) is 25.0 Å². The van der Waals surface area contributed by atoms with E-state index >= 15 is 0 Å². The summed E-state index contributed by atoms with van der Waals surface area (Å²) in [5, 5.41) is 8.76. The lowest BCUT2D eigenvalue weighted by molar-refractivity contribution is -0.132. The van der Waals surface area contributed by atoms with Gasteiger partial charge in [-0.15, -0.1) is 0 Å². The first-order valence-corrected chi connectivity index (χ1v) is 7.09. The lowest BCUT2D eigenvalue weighted by atomic mass is 10.0. The largest absolute Gasteiger partial charge is 0.478 e. The zero-order valence-electron chi connectivity index (χ0n) is 13.7. The second-order valence-corrected chi connectivity index (χ2v) is 2.92. The van der Waals surface area contributed by atoms with Crippen molar-refractivity contribution in [3.63, 3.8) is 0 Å². The van der Waals surface area contributed by atoms with Crippen molar-refractivity contribution >= 4 is 11.5 Å². The minimum Gasteiger partial charge on any atom is -0.478 e. The first kappa shape index (κ1) is 22.6. The molecule has 1 aromatic carbocycles. The van der Waals surface area contributed by atoms with E-state index in [1.807, 2.05) is 78.8 Å². The number of allylic oxidation sites excluding steroid dienone is 1. The van der Waals surface area contributed by atoms with Crippen LogP contribution in [-0.4, -0.2) is 11.1 Å². The Kier molecular flexibility index (Phi) is 19.5. The van der Waals surface area contributed by atoms with E-state index in [1.165, 1.54) is 0 Å². The van der Waals surface area contributed by atoms with Gasteiger partial charge in [-0.1, -0.05) is 71.9 Å². The number of rotatable bonds is 2. The summed E-state index contributed by atoms with van der Waals surface area (Å²) < 4.78 is 0. The lowest BCUT2D eigenvalue weighted by Crippen LogP contribution is -1.98. The SMILES string of the molecule is C/C(C(=O)O)=C(/C)c1ccccc1.CC.CC.CC. The zero-order chi connectivity index (χ0) is 15.8. The molecule has 0 saturated heterocycles. The molecule has 0 aliphatic carbocycles. The molecule has 19 heavy (non-hydrogen) atoms. The highest BCUT2D eigenvalue weighted by atomic mass is 16.4. The Hall–Kier alpha value is -1.57. The normalized spacial score (nSPS) is 9.26. The first-order chi connectivity index (χ1) is 9.13. The summed E-state index contributed by atoms with van der Waals surface area (Å²) in [6, 6.07) is 9.51. The van der Waals surface area contributed by atoms with Crippen LogP contribution in [0, 0.1) is 0 Å². The predicted molar refractivity (Wildman–Crippen MR) is 86.4 cm³/mol. The van der Waals surface area contributed by atoms with Crippen molar-refractivity contribution in [2.45, 2.75) is 55.4 Å². The standard InChI is InChI=1S/C11H12O2.3C2H6/c1-8(9(2)11(12)13)10-6-4-3-5-7-10;3*1-2/h3-7H,1-2H3,(H,12,13);3*1-2H3/b9-8+;;;.